The van der Waals surface area contributed by atoms with E-state index in [-0.39, 0.29) is 88.7 Å². The minimum Gasteiger partial charge on any atom is 1.00 e. The Morgan fingerprint density at radius 2 is 1.06 bits per heavy atom. The van der Waals surface area contributed by atoms with E-state index in [0.29, 0.717) is 0 Å². The third-order valence-corrected chi connectivity index (χ3v) is 18.5. The fraction of sp³-hybridized carbons (Fsp3) is 0.833. The maximum atomic E-state index is 12.9. The third-order valence-electron chi connectivity index (χ3n) is 4.08. The molecule has 0 saturated carbocycles. The molecule has 8 atom stereocenters. The molecule has 6 N–H and O–H groups in total. The van der Waals surface area contributed by atoms with Crippen LogP contribution in [0.2, 0.25) is 0 Å². The van der Waals surface area contributed by atoms with Crippen molar-refractivity contribution in [3.63, 3.8) is 0 Å². The second kappa shape index (κ2) is 16.1. The Bertz CT molecular complexity index is 725. The minimum atomic E-state index is -6.57. The SMILES string of the molecule is O=C([O-])C1[O][Sb](=[O])([O][Sb]2(=[O])[O]C(C(=O)[O-])C(O)C(C(O)CO)[O]2)[O]C(C(O)CO)C1O.[Na+].[Na+].[Na+]. The number of aliphatic hydroxyl groups is 6. The van der Waals surface area contributed by atoms with Crippen molar-refractivity contribution in [2.24, 2.45) is 0 Å². The van der Waals surface area contributed by atoms with Crippen molar-refractivity contribution in [3.05, 3.63) is 0 Å². The number of rotatable bonds is 8. The van der Waals surface area contributed by atoms with Crippen LogP contribution in [-0.2, 0) is 29.0 Å². The zero-order valence-electron chi connectivity index (χ0n) is 18.1. The molecule has 0 aliphatic carbocycles. The zero-order valence-corrected chi connectivity index (χ0v) is 29.2. The Balaban J connectivity index is 0. The van der Waals surface area contributed by atoms with Crippen molar-refractivity contribution in [2.75, 3.05) is 13.2 Å². The van der Waals surface area contributed by atoms with E-state index >= 15 is 0 Å². The van der Waals surface area contributed by atoms with Crippen LogP contribution >= 0.6 is 0 Å². The number of hydrogen-bond donors (Lipinski definition) is 6. The molecule has 34 heavy (non-hydrogen) atoms. The van der Waals surface area contributed by atoms with Gasteiger partial charge in [0, 0.05) is 0 Å². The van der Waals surface area contributed by atoms with Crippen LogP contribution in [0, 0.1) is 0 Å². The summed E-state index contributed by atoms with van der Waals surface area (Å²) in [7, 11) is 0. The molecule has 0 radical (unpaired) electrons. The molecule has 17 nitrogen and oxygen atoms in total. The summed E-state index contributed by atoms with van der Waals surface area (Å²) in [6.07, 6.45) is -17.7. The van der Waals surface area contributed by atoms with Gasteiger partial charge in [-0.3, -0.25) is 0 Å². The Morgan fingerprint density at radius 1 is 0.765 bits per heavy atom. The largest absolute Gasteiger partial charge is 1.00 e. The first-order valence-electron chi connectivity index (χ1n) is 8.28. The van der Waals surface area contributed by atoms with Crippen molar-refractivity contribution in [3.8, 4) is 0 Å². The summed E-state index contributed by atoms with van der Waals surface area (Å²) in [4.78, 5) is 22.4. The molecule has 2 rings (SSSR count). The molecule has 0 aromatic rings. The van der Waals surface area contributed by atoms with Crippen molar-refractivity contribution in [1.82, 2.24) is 0 Å². The average molecular weight is 747 g/mol. The summed E-state index contributed by atoms with van der Waals surface area (Å²) in [5.74, 6) is -4.33. The number of aliphatic hydroxyl groups excluding tert-OH is 6. The van der Waals surface area contributed by atoms with Gasteiger partial charge < -0.3 is 0 Å². The molecular formula is C12H18Na3O17Sb2+. The van der Waals surface area contributed by atoms with Crippen LogP contribution in [0.25, 0.3) is 0 Å². The van der Waals surface area contributed by atoms with Gasteiger partial charge in [-0.05, 0) is 0 Å². The average Bonchev–Trinajstić information content (AvgIpc) is 2.69. The van der Waals surface area contributed by atoms with Crippen LogP contribution in [0.5, 0.6) is 0 Å². The van der Waals surface area contributed by atoms with E-state index in [4.69, 9.17) is 16.2 Å². The maximum absolute atomic E-state index is 12.9. The van der Waals surface area contributed by atoms with Crippen LogP contribution in [-0.4, -0.2) is 145 Å². The summed E-state index contributed by atoms with van der Waals surface area (Å²) in [5.41, 5.74) is 0. The van der Waals surface area contributed by atoms with E-state index < -0.39 is 114 Å². The predicted octanol–water partition coefficient (Wildman–Crippen LogP) is -17.8. The van der Waals surface area contributed by atoms with Gasteiger partial charge in [0.2, 0.25) is 0 Å². The molecule has 2 aliphatic heterocycles. The van der Waals surface area contributed by atoms with Crippen LogP contribution in [0.1, 0.15) is 0 Å². The van der Waals surface area contributed by atoms with Crippen LogP contribution in [0.3, 0.4) is 0 Å². The van der Waals surface area contributed by atoms with Crippen molar-refractivity contribution in [1.29, 1.82) is 0 Å². The molecule has 0 aromatic heterocycles. The number of aliphatic carboxylic acids is 2. The summed E-state index contributed by atoms with van der Waals surface area (Å²) in [5, 5.41) is 79.5. The van der Waals surface area contributed by atoms with E-state index in [1.165, 1.54) is 0 Å². The topological polar surface area (TPSA) is 282 Å². The van der Waals surface area contributed by atoms with Crippen molar-refractivity contribution >= 4 is 52.0 Å². The van der Waals surface area contributed by atoms with Gasteiger partial charge in [-0.2, -0.15) is 0 Å². The first kappa shape index (κ1) is 38.9. The molecule has 0 amide bonds. The predicted molar refractivity (Wildman–Crippen MR) is 81.7 cm³/mol. The molecule has 2 saturated heterocycles. The smallest absolute Gasteiger partial charge is 1.00 e. The fourth-order valence-corrected chi connectivity index (χ4v) is 17.7. The molecule has 0 bridgehead atoms. The minimum absolute atomic E-state index is 0. The van der Waals surface area contributed by atoms with Gasteiger partial charge in [0.1, 0.15) is 0 Å². The molecule has 22 heteroatoms. The Morgan fingerprint density at radius 3 is 1.29 bits per heavy atom. The monoisotopic (exact) mass is 745 g/mol. The van der Waals surface area contributed by atoms with Gasteiger partial charge in [-0.1, -0.05) is 0 Å². The molecule has 2 heterocycles. The molecule has 2 aliphatic rings. The summed E-state index contributed by atoms with van der Waals surface area (Å²) in [6, 6.07) is 0. The molecule has 0 aromatic carbocycles. The molecule has 0 spiro atoms. The van der Waals surface area contributed by atoms with Crippen LogP contribution in [0.15, 0.2) is 0 Å². The summed E-state index contributed by atoms with van der Waals surface area (Å²) < 4.78 is 48.9. The quantitative estimate of drug-likeness (QED) is 0.126. The van der Waals surface area contributed by atoms with Crippen molar-refractivity contribution in [2.45, 2.75) is 48.8 Å². The van der Waals surface area contributed by atoms with Gasteiger partial charge in [0.05, 0.1) is 0 Å². The zero-order chi connectivity index (χ0) is 23.7. The van der Waals surface area contributed by atoms with E-state index in [1.807, 2.05) is 0 Å². The van der Waals surface area contributed by atoms with Gasteiger partial charge in [0.15, 0.2) is 0 Å². The van der Waals surface area contributed by atoms with Crippen LogP contribution in [0.4, 0.5) is 0 Å². The van der Waals surface area contributed by atoms with E-state index in [1.54, 1.807) is 0 Å². The molecule has 8 unspecified atom stereocenters. The number of carboxylic acids is 2. The third kappa shape index (κ3) is 9.43. The standard InChI is InChI=1S/2C6H10O7.3Na.3O.2Sb/c2*7-1-2(8)3(9)4(10)5(11)6(12)13;;;;;;;;/h2*2-5,7-8,10H,1H2,(H,12,13);;;;;;;;/q2*-2;3*+1;;;;2*+2/p-2. The molecule has 2 fully saturated rings. The van der Waals surface area contributed by atoms with Gasteiger partial charge in [-0.25, -0.2) is 0 Å². The van der Waals surface area contributed by atoms with Crippen molar-refractivity contribution < 1.29 is 159 Å². The fourth-order valence-electron chi connectivity index (χ4n) is 2.59. The summed E-state index contributed by atoms with van der Waals surface area (Å²) in [6.45, 7) is -2.24. The number of carboxylic acid groups (broad SMARTS) is 2. The van der Waals surface area contributed by atoms with Crippen LogP contribution < -0.4 is 98.9 Å². The van der Waals surface area contributed by atoms with Gasteiger partial charge in [-0.15, -0.1) is 0 Å². The molecular weight excluding hydrogens is 729 g/mol. The normalized spacial score (nSPS) is 39.4. The number of carbonyl (C=O) groups is 2. The first-order valence-corrected chi connectivity index (χ1v) is 16.6. The van der Waals surface area contributed by atoms with E-state index in [9.17, 15) is 46.3 Å². The van der Waals surface area contributed by atoms with Gasteiger partial charge in [0.25, 0.3) is 0 Å². The first-order chi connectivity index (χ1) is 14.3. The van der Waals surface area contributed by atoms with Gasteiger partial charge >= 0.3 is 273 Å². The molecule has 180 valence electrons. The Hall–Kier alpha value is 2.74. The number of carbonyl (C=O) groups excluding carboxylic acids is 2. The Labute approximate surface area is 268 Å². The maximum Gasteiger partial charge on any atom is 1.00 e. The van der Waals surface area contributed by atoms with E-state index in [0.717, 1.165) is 0 Å². The summed E-state index contributed by atoms with van der Waals surface area (Å²) >= 11 is -13.1. The van der Waals surface area contributed by atoms with E-state index in [2.05, 4.69) is 7.32 Å². The number of hydrogen-bond acceptors (Lipinski definition) is 17. The second-order valence-electron chi connectivity index (χ2n) is 6.29. The second-order valence-corrected chi connectivity index (χ2v) is 17.4. The Kier molecular flexibility index (Phi) is 18.4.